The summed E-state index contributed by atoms with van der Waals surface area (Å²) in [5, 5.41) is -0.379. The molecule has 0 saturated carbocycles. The van der Waals surface area contributed by atoms with Crippen molar-refractivity contribution < 1.29 is 18.1 Å². The maximum absolute atomic E-state index is 12.0. The molecular weight excluding hydrogens is 226 g/mol. The lowest BCUT2D eigenvalue weighted by Crippen LogP contribution is -3.23. The van der Waals surface area contributed by atoms with E-state index >= 15 is 0 Å². The van der Waals surface area contributed by atoms with E-state index in [1.807, 2.05) is 13.8 Å². The van der Waals surface area contributed by atoms with Gasteiger partial charge in [0, 0.05) is 0 Å². The predicted molar refractivity (Wildman–Crippen MR) is 62.3 cm³/mol. The lowest BCUT2D eigenvalue weighted by atomic mass is 9.95. The average Bonchev–Trinajstić information content (AvgIpc) is 2.25. The Morgan fingerprint density at radius 1 is 1.38 bits per heavy atom. The van der Waals surface area contributed by atoms with Crippen molar-refractivity contribution in [2.24, 2.45) is 0 Å². The van der Waals surface area contributed by atoms with Crippen LogP contribution in [0.2, 0.25) is 0 Å². The average molecular weight is 246 g/mol. The number of quaternary nitrogens is 1. The smallest absolute Gasteiger partial charge is 0.173 e. The van der Waals surface area contributed by atoms with E-state index in [1.165, 1.54) is 4.90 Å². The topological polar surface area (TPSA) is 47.8 Å². The fourth-order valence-corrected chi connectivity index (χ4v) is 5.25. The highest BCUT2D eigenvalue weighted by Gasteiger charge is 2.65. The third-order valence-corrected chi connectivity index (χ3v) is 6.88. The molecule has 0 unspecified atom stereocenters. The molecule has 0 radical (unpaired) electrons. The minimum Gasteiger partial charge on any atom is -0.370 e. The molecular formula is C11H20NO3S+. The van der Waals surface area contributed by atoms with Gasteiger partial charge in [0.05, 0.1) is 13.2 Å². The zero-order chi connectivity index (χ0) is 12.0. The van der Waals surface area contributed by atoms with Gasteiger partial charge in [-0.1, -0.05) is 6.08 Å². The van der Waals surface area contributed by atoms with Gasteiger partial charge in [0.15, 0.2) is 9.84 Å². The van der Waals surface area contributed by atoms with Crippen LogP contribution in [-0.2, 0) is 14.6 Å². The van der Waals surface area contributed by atoms with Gasteiger partial charge >= 0.3 is 0 Å². The molecule has 92 valence electrons. The first-order valence-electron chi connectivity index (χ1n) is 5.71. The fraction of sp³-hybridized carbons (Fsp3) is 0.818. The zero-order valence-corrected chi connectivity index (χ0v) is 10.7. The van der Waals surface area contributed by atoms with Crippen molar-refractivity contribution in [1.82, 2.24) is 0 Å². The number of rotatable bonds is 2. The minimum absolute atomic E-state index is 0.138. The van der Waals surface area contributed by atoms with Crippen molar-refractivity contribution >= 4 is 9.84 Å². The first-order chi connectivity index (χ1) is 7.43. The molecule has 2 rings (SSSR count). The number of morpholine rings is 1. The van der Waals surface area contributed by atoms with Crippen LogP contribution < -0.4 is 4.90 Å². The Bertz CT molecular complexity index is 382. The molecule has 5 heteroatoms. The van der Waals surface area contributed by atoms with Gasteiger partial charge < -0.3 is 9.64 Å². The lowest BCUT2D eigenvalue weighted by Gasteiger charge is -2.51. The molecule has 4 nitrogen and oxygen atoms in total. The first-order valence-corrected chi connectivity index (χ1v) is 7.26. The summed E-state index contributed by atoms with van der Waals surface area (Å²) in [4.78, 5) is 1.34. The molecule has 16 heavy (non-hydrogen) atoms. The van der Waals surface area contributed by atoms with Crippen molar-refractivity contribution in [3.8, 4) is 0 Å². The van der Waals surface area contributed by atoms with Crippen molar-refractivity contribution in [3.05, 3.63) is 12.7 Å². The maximum atomic E-state index is 12.0. The highest BCUT2D eigenvalue weighted by Crippen LogP contribution is 2.39. The highest BCUT2D eigenvalue weighted by atomic mass is 32.2. The normalized spacial score (nSPS) is 37.6. The minimum atomic E-state index is -3.03. The van der Waals surface area contributed by atoms with Gasteiger partial charge in [-0.3, -0.25) is 0 Å². The molecule has 2 heterocycles. The zero-order valence-electron chi connectivity index (χ0n) is 9.90. The Hall–Kier alpha value is -0.390. The van der Waals surface area contributed by atoms with E-state index in [0.717, 1.165) is 26.3 Å². The second-order valence-corrected chi connectivity index (χ2v) is 7.78. The van der Waals surface area contributed by atoms with Gasteiger partial charge in [-0.2, -0.15) is 0 Å². The van der Waals surface area contributed by atoms with Gasteiger partial charge in [0.1, 0.15) is 29.1 Å². The van der Waals surface area contributed by atoms with Crippen LogP contribution in [0.3, 0.4) is 0 Å². The van der Waals surface area contributed by atoms with E-state index in [1.54, 1.807) is 6.08 Å². The summed E-state index contributed by atoms with van der Waals surface area (Å²) in [5.74, 6) is 0. The van der Waals surface area contributed by atoms with Crippen LogP contribution >= 0.6 is 0 Å². The van der Waals surface area contributed by atoms with E-state index in [4.69, 9.17) is 4.74 Å². The quantitative estimate of drug-likeness (QED) is 0.638. The molecule has 2 aliphatic heterocycles. The summed E-state index contributed by atoms with van der Waals surface area (Å²) in [7, 11) is -3.03. The van der Waals surface area contributed by atoms with Crippen molar-refractivity contribution in [2.75, 3.05) is 26.3 Å². The Morgan fingerprint density at radius 3 is 2.44 bits per heavy atom. The summed E-state index contributed by atoms with van der Waals surface area (Å²) in [5.41, 5.74) is 0. The second kappa shape index (κ2) is 3.82. The molecule has 0 aromatic heterocycles. The second-order valence-electron chi connectivity index (χ2n) is 5.10. The van der Waals surface area contributed by atoms with E-state index in [9.17, 15) is 8.42 Å². The molecule has 0 spiro atoms. The monoisotopic (exact) mass is 246 g/mol. The standard InChI is InChI=1S/C11H19NO3S/c1-4-9-10(11(2,3)16(9,13)14)12-5-7-15-8-6-12/h4,9-10H,1,5-8H2,2-3H3/p+1/t9-,10-/m1/s1. The van der Waals surface area contributed by atoms with Gasteiger partial charge in [-0.25, -0.2) is 8.42 Å². The molecule has 1 N–H and O–H groups in total. The van der Waals surface area contributed by atoms with Crippen molar-refractivity contribution in [3.63, 3.8) is 0 Å². The van der Waals surface area contributed by atoms with Crippen LogP contribution in [0.15, 0.2) is 12.7 Å². The van der Waals surface area contributed by atoms with Gasteiger partial charge in [-0.15, -0.1) is 6.58 Å². The Balaban J connectivity index is 2.24. The first kappa shape index (κ1) is 12.1. The third kappa shape index (κ3) is 1.45. The summed E-state index contributed by atoms with van der Waals surface area (Å²) in [6.45, 7) is 10.6. The molecule has 0 aromatic rings. The Kier molecular flexibility index (Phi) is 2.88. The lowest BCUT2D eigenvalue weighted by molar-refractivity contribution is -0.935. The number of ether oxygens (including phenoxy) is 1. The van der Waals surface area contributed by atoms with Gasteiger partial charge in [-0.05, 0) is 13.8 Å². The van der Waals surface area contributed by atoms with Crippen LogP contribution in [0.5, 0.6) is 0 Å². The van der Waals surface area contributed by atoms with Gasteiger partial charge in [0.25, 0.3) is 0 Å². The highest BCUT2D eigenvalue weighted by molar-refractivity contribution is 7.95. The SMILES string of the molecule is C=C[C@@H]1[C@@H]([NH+]2CCOCC2)C(C)(C)S1(=O)=O. The molecule has 0 aliphatic carbocycles. The molecule has 0 aromatic carbocycles. The van der Waals surface area contributed by atoms with Crippen LogP contribution in [0.1, 0.15) is 13.8 Å². The van der Waals surface area contributed by atoms with Crippen LogP contribution in [0, 0.1) is 0 Å². The summed E-state index contributed by atoms with van der Waals surface area (Å²) in [6.07, 6.45) is 1.59. The molecule has 2 saturated heterocycles. The van der Waals surface area contributed by atoms with E-state index < -0.39 is 14.6 Å². The molecule has 2 atom stereocenters. The maximum Gasteiger partial charge on any atom is 0.173 e. The number of nitrogens with one attached hydrogen (secondary N) is 1. The van der Waals surface area contributed by atoms with E-state index in [2.05, 4.69) is 6.58 Å². The molecule has 2 aliphatic rings. The summed E-state index contributed by atoms with van der Waals surface area (Å²) >= 11 is 0. The van der Waals surface area contributed by atoms with Gasteiger partial charge in [0.2, 0.25) is 0 Å². The number of sulfone groups is 1. The number of hydrogen-bond donors (Lipinski definition) is 1. The summed E-state index contributed by atoms with van der Waals surface area (Å²) in [6, 6.07) is 0.138. The van der Waals surface area contributed by atoms with E-state index in [-0.39, 0.29) is 11.3 Å². The summed E-state index contributed by atoms with van der Waals surface area (Å²) < 4.78 is 28.8. The molecule has 0 bridgehead atoms. The third-order valence-electron chi connectivity index (χ3n) is 3.98. The number of hydrogen-bond acceptors (Lipinski definition) is 3. The molecule has 2 fully saturated rings. The van der Waals surface area contributed by atoms with Crippen LogP contribution in [0.25, 0.3) is 0 Å². The van der Waals surface area contributed by atoms with Crippen LogP contribution in [0.4, 0.5) is 0 Å². The van der Waals surface area contributed by atoms with Crippen molar-refractivity contribution in [1.29, 1.82) is 0 Å². The van der Waals surface area contributed by atoms with E-state index in [0.29, 0.717) is 0 Å². The van der Waals surface area contributed by atoms with Crippen molar-refractivity contribution in [2.45, 2.75) is 29.9 Å². The Morgan fingerprint density at radius 2 is 1.94 bits per heavy atom. The largest absolute Gasteiger partial charge is 0.370 e. The molecule has 0 amide bonds. The Labute approximate surface area is 97.2 Å². The predicted octanol–water partition coefficient (Wildman–Crippen LogP) is -0.968. The fourth-order valence-electron chi connectivity index (χ4n) is 2.96. The van der Waals surface area contributed by atoms with Crippen LogP contribution in [-0.4, -0.2) is 50.8 Å².